The largest absolute Gasteiger partial charge is 0.490 e. The van der Waals surface area contributed by atoms with Gasteiger partial charge in [-0.1, -0.05) is 0 Å². The number of anilines is 1. The van der Waals surface area contributed by atoms with Gasteiger partial charge in [-0.15, -0.1) is 0 Å². The second-order valence-corrected chi connectivity index (χ2v) is 10.6. The number of rotatable bonds is 8. The Morgan fingerprint density at radius 3 is 2.48 bits per heavy atom. The van der Waals surface area contributed by atoms with Crippen LogP contribution in [0.2, 0.25) is 0 Å². The molecule has 21 heteroatoms. The van der Waals surface area contributed by atoms with Crippen LogP contribution in [0.15, 0.2) is 11.1 Å². The number of nitrogens with two attached hydrogens (primary N) is 2. The van der Waals surface area contributed by atoms with Crippen molar-refractivity contribution in [2.75, 3.05) is 18.2 Å². The van der Waals surface area contributed by atoms with Gasteiger partial charge < -0.3 is 35.9 Å². The third kappa shape index (κ3) is 5.77. The molecule has 4 atom stereocenters. The van der Waals surface area contributed by atoms with Crippen LogP contribution < -0.4 is 17.1 Å². The number of fused-ring (bicyclic) bond motifs is 1. The van der Waals surface area contributed by atoms with E-state index in [1.54, 1.807) is 0 Å². The van der Waals surface area contributed by atoms with Gasteiger partial charge in [0, 0.05) is 0 Å². The number of aromatic nitrogens is 4. The van der Waals surface area contributed by atoms with Crippen LogP contribution in [-0.2, 0) is 31.6 Å². The van der Waals surface area contributed by atoms with Gasteiger partial charge in [0.05, 0.1) is 19.0 Å². The Labute approximate surface area is 171 Å². The fraction of sp³-hybridized carbons (Fsp3) is 0.500. The highest BCUT2D eigenvalue weighted by Crippen LogP contribution is 2.66. The lowest BCUT2D eigenvalue weighted by Crippen LogP contribution is -2.31. The van der Waals surface area contributed by atoms with E-state index in [1.807, 2.05) is 0 Å². The minimum atomic E-state index is -5.61. The molecule has 0 aliphatic carbocycles. The van der Waals surface area contributed by atoms with Gasteiger partial charge in [-0.25, -0.2) is 18.7 Å². The lowest BCUT2D eigenvalue weighted by Gasteiger charge is -2.18. The highest BCUT2D eigenvalue weighted by molar-refractivity contribution is 7.66. The zero-order valence-electron chi connectivity index (χ0n) is 15.2. The van der Waals surface area contributed by atoms with Crippen molar-refractivity contribution in [3.8, 4) is 0 Å². The van der Waals surface area contributed by atoms with E-state index >= 15 is 0 Å². The molecule has 0 amide bonds. The van der Waals surface area contributed by atoms with E-state index in [-0.39, 0.29) is 23.5 Å². The number of ether oxygens (including phenoxy) is 1. The summed E-state index contributed by atoms with van der Waals surface area (Å²) in [4.78, 5) is 55.6. The summed E-state index contributed by atoms with van der Waals surface area (Å²) in [6.45, 7) is -0.599. The monoisotopic (exact) mass is 506 g/mol. The number of nitrogen functional groups attached to an aromatic ring is 2. The predicted molar refractivity (Wildman–Crippen MR) is 99.3 cm³/mol. The third-order valence-corrected chi connectivity index (χ3v) is 7.69. The van der Waals surface area contributed by atoms with Crippen molar-refractivity contribution in [3.63, 3.8) is 0 Å². The summed E-state index contributed by atoms with van der Waals surface area (Å²) in [5.41, 5.74) is 4.94. The Bertz CT molecular complexity index is 1190. The molecule has 31 heavy (non-hydrogen) atoms. The zero-order chi connectivity index (χ0) is 23.2. The maximum absolute atomic E-state index is 12.1. The van der Waals surface area contributed by atoms with Gasteiger partial charge in [-0.05, 0) is 12.8 Å². The second kappa shape index (κ2) is 8.35. The SMILES string of the molecule is Nc1nc2c(ncn2[C@H]2CC[C@@H](COP(=O)(O)OP(=O)(O)OP(=O)(O)O)O2)c(=O)n1N. The molecule has 18 nitrogen and oxygen atoms in total. The molecule has 1 fully saturated rings. The summed E-state index contributed by atoms with van der Waals surface area (Å²) in [6.07, 6.45) is 0.375. The molecular weight excluding hydrogens is 489 g/mol. The van der Waals surface area contributed by atoms with E-state index < -0.39 is 48.0 Å². The van der Waals surface area contributed by atoms with Gasteiger partial charge in [0.25, 0.3) is 0 Å². The molecule has 0 radical (unpaired) electrons. The van der Waals surface area contributed by atoms with Gasteiger partial charge in [0.2, 0.25) is 5.95 Å². The Kier molecular flexibility index (Phi) is 6.46. The molecule has 0 aromatic carbocycles. The molecule has 3 rings (SSSR count). The van der Waals surface area contributed by atoms with Crippen molar-refractivity contribution in [3.05, 3.63) is 16.7 Å². The van der Waals surface area contributed by atoms with Crippen LogP contribution in [0.3, 0.4) is 0 Å². The summed E-state index contributed by atoms with van der Waals surface area (Å²) in [7, 11) is -16.3. The molecule has 1 saturated heterocycles. The lowest BCUT2D eigenvalue weighted by atomic mass is 10.2. The molecule has 0 bridgehead atoms. The number of phosphoric acid groups is 3. The fourth-order valence-electron chi connectivity index (χ4n) is 2.70. The Morgan fingerprint density at radius 1 is 1.16 bits per heavy atom. The molecule has 3 heterocycles. The first-order valence-corrected chi connectivity index (χ1v) is 12.6. The molecular formula is C10H17N6O12P3. The number of hydrogen-bond donors (Lipinski definition) is 6. The Hall–Kier alpha value is -1.68. The van der Waals surface area contributed by atoms with E-state index in [0.717, 1.165) is 0 Å². The standard InChI is InChI=1S/C10H17N6O12P3/c11-10-14-8-7(9(17)16(10)12)13-4-15(8)6-2-1-5(26-6)3-25-30(21,22)28-31(23,24)27-29(18,19)20/h4-6H,1-3,12H2,(H2,11,14)(H,21,22)(H,23,24)(H2,18,19,20)/t5-,6+/m0/s1. The van der Waals surface area contributed by atoms with Crippen LogP contribution >= 0.6 is 23.5 Å². The van der Waals surface area contributed by atoms with Crippen LogP contribution in [0.1, 0.15) is 19.1 Å². The van der Waals surface area contributed by atoms with Gasteiger partial charge in [0.15, 0.2) is 11.2 Å². The van der Waals surface area contributed by atoms with Gasteiger partial charge >= 0.3 is 29.0 Å². The van der Waals surface area contributed by atoms with E-state index in [2.05, 4.69) is 23.1 Å². The molecule has 0 saturated carbocycles. The van der Waals surface area contributed by atoms with Crippen molar-refractivity contribution < 1.29 is 51.2 Å². The topological polar surface area (TPSA) is 274 Å². The minimum Gasteiger partial charge on any atom is -0.368 e. The quantitative estimate of drug-likeness (QED) is 0.183. The number of hydrogen-bond acceptors (Lipinski definition) is 12. The molecule has 1 aliphatic rings. The summed E-state index contributed by atoms with van der Waals surface area (Å²) in [5, 5.41) is 0. The van der Waals surface area contributed by atoms with Crippen LogP contribution in [0, 0.1) is 0 Å². The Balaban J connectivity index is 1.64. The molecule has 0 spiro atoms. The van der Waals surface area contributed by atoms with Crippen molar-refractivity contribution in [2.24, 2.45) is 0 Å². The normalized spacial score (nSPS) is 23.6. The molecule has 2 aromatic heterocycles. The van der Waals surface area contributed by atoms with Crippen molar-refractivity contribution >= 4 is 40.6 Å². The summed E-state index contributed by atoms with van der Waals surface area (Å²) < 4.78 is 53.1. The first-order valence-electron chi connectivity index (χ1n) is 8.11. The Morgan fingerprint density at radius 2 is 1.84 bits per heavy atom. The van der Waals surface area contributed by atoms with Crippen LogP contribution in [-0.4, -0.2) is 51.5 Å². The summed E-state index contributed by atoms with van der Waals surface area (Å²) >= 11 is 0. The van der Waals surface area contributed by atoms with Gasteiger partial charge in [-0.2, -0.15) is 18.3 Å². The van der Waals surface area contributed by atoms with E-state index in [0.29, 0.717) is 11.1 Å². The highest BCUT2D eigenvalue weighted by Gasteiger charge is 2.41. The molecule has 174 valence electrons. The van der Waals surface area contributed by atoms with E-state index in [1.165, 1.54) is 10.9 Å². The average Bonchev–Trinajstić information content (AvgIpc) is 3.21. The summed E-state index contributed by atoms with van der Waals surface area (Å²) in [6, 6.07) is 0. The van der Waals surface area contributed by atoms with Gasteiger partial charge in [-0.3, -0.25) is 13.9 Å². The average molecular weight is 506 g/mol. The first kappa shape index (κ1) is 24.0. The summed E-state index contributed by atoms with van der Waals surface area (Å²) in [5.74, 6) is 5.20. The fourth-order valence-corrected chi connectivity index (χ4v) is 5.75. The molecule has 2 unspecified atom stereocenters. The third-order valence-electron chi connectivity index (χ3n) is 3.89. The van der Waals surface area contributed by atoms with Crippen molar-refractivity contribution in [1.29, 1.82) is 0 Å². The number of imidazole rings is 1. The highest BCUT2D eigenvalue weighted by atomic mass is 31.3. The van der Waals surface area contributed by atoms with Gasteiger partial charge in [0.1, 0.15) is 6.23 Å². The van der Waals surface area contributed by atoms with E-state index in [4.69, 9.17) is 31.0 Å². The molecule has 8 N–H and O–H groups in total. The zero-order valence-corrected chi connectivity index (χ0v) is 17.9. The smallest absolute Gasteiger partial charge is 0.368 e. The predicted octanol–water partition coefficient (Wildman–Crippen LogP) is -1.09. The molecule has 2 aromatic rings. The van der Waals surface area contributed by atoms with Crippen molar-refractivity contribution in [1.82, 2.24) is 19.2 Å². The first-order chi connectivity index (χ1) is 14.2. The van der Waals surface area contributed by atoms with Crippen LogP contribution in [0.25, 0.3) is 11.2 Å². The number of phosphoric ester groups is 1. The second-order valence-electron chi connectivity index (χ2n) is 6.15. The van der Waals surface area contributed by atoms with Crippen LogP contribution in [0.5, 0.6) is 0 Å². The maximum Gasteiger partial charge on any atom is 0.490 e. The lowest BCUT2D eigenvalue weighted by molar-refractivity contribution is -0.0205. The number of nitrogens with zero attached hydrogens (tertiary/aromatic N) is 4. The minimum absolute atomic E-state index is 0.0583. The molecule has 1 aliphatic heterocycles. The van der Waals surface area contributed by atoms with Crippen LogP contribution in [0.4, 0.5) is 5.95 Å². The maximum atomic E-state index is 12.1. The van der Waals surface area contributed by atoms with Crippen molar-refractivity contribution in [2.45, 2.75) is 25.2 Å². The van der Waals surface area contributed by atoms with E-state index in [9.17, 15) is 23.4 Å².